The lowest BCUT2D eigenvalue weighted by molar-refractivity contribution is -0.246. The highest BCUT2D eigenvalue weighted by Gasteiger charge is 2.11. The van der Waals surface area contributed by atoms with Crippen molar-refractivity contribution in [2.24, 2.45) is 10.2 Å². The van der Waals surface area contributed by atoms with Crippen molar-refractivity contribution in [3.63, 3.8) is 0 Å². The molecule has 0 spiro atoms. The van der Waals surface area contributed by atoms with Crippen molar-refractivity contribution < 1.29 is 9.90 Å². The van der Waals surface area contributed by atoms with Gasteiger partial charge in [-0.25, -0.2) is 0 Å². The molecule has 0 atom stereocenters. The molecule has 0 aromatic carbocycles. The zero-order valence-corrected chi connectivity index (χ0v) is 6.42. The Bertz CT molecular complexity index is 152. The van der Waals surface area contributed by atoms with Gasteiger partial charge in [-0.3, -0.25) is 0 Å². The first kappa shape index (κ1) is 9.07. The Labute approximate surface area is 60.0 Å². The molecular weight excluding hydrogens is 132 g/mol. The molecule has 0 unspecified atom stereocenters. The summed E-state index contributed by atoms with van der Waals surface area (Å²) in [6.07, 6.45) is -0.731. The molecule has 10 heavy (non-hydrogen) atoms. The summed E-state index contributed by atoms with van der Waals surface area (Å²) < 4.78 is 0. The summed E-state index contributed by atoms with van der Waals surface area (Å²) in [5.74, 6) is 0. The zero-order valence-electron chi connectivity index (χ0n) is 6.42. The molecule has 0 aliphatic rings. The van der Waals surface area contributed by atoms with Gasteiger partial charge in [-0.1, -0.05) is 6.92 Å². The monoisotopic (exact) mass is 143 g/mol. The van der Waals surface area contributed by atoms with E-state index in [1.165, 1.54) is 0 Å². The average molecular weight is 143 g/mol. The summed E-state index contributed by atoms with van der Waals surface area (Å²) >= 11 is 0. The van der Waals surface area contributed by atoms with Crippen LogP contribution in [0, 0.1) is 0 Å². The Morgan fingerprint density at radius 1 is 1.60 bits per heavy atom. The SMILES string of the molecule is CCC(C)(C)N=NC(=O)[O-]. The maximum atomic E-state index is 9.79. The third-order valence-electron chi connectivity index (χ3n) is 1.27. The van der Waals surface area contributed by atoms with E-state index in [4.69, 9.17) is 0 Å². The van der Waals surface area contributed by atoms with Crippen molar-refractivity contribution in [1.29, 1.82) is 0 Å². The highest BCUT2D eigenvalue weighted by molar-refractivity contribution is 5.62. The molecule has 0 aromatic heterocycles. The molecule has 0 saturated carbocycles. The highest BCUT2D eigenvalue weighted by Crippen LogP contribution is 2.12. The van der Waals surface area contributed by atoms with E-state index < -0.39 is 6.09 Å². The summed E-state index contributed by atoms with van der Waals surface area (Å²) in [7, 11) is 0. The minimum Gasteiger partial charge on any atom is -0.527 e. The van der Waals surface area contributed by atoms with Gasteiger partial charge in [0.2, 0.25) is 0 Å². The van der Waals surface area contributed by atoms with E-state index >= 15 is 0 Å². The fourth-order valence-corrected chi connectivity index (χ4v) is 0.247. The predicted octanol–water partition coefficient (Wildman–Crippen LogP) is 0.970. The topological polar surface area (TPSA) is 64.8 Å². The molecule has 0 N–H and O–H groups in total. The van der Waals surface area contributed by atoms with Crippen LogP contribution in [0.4, 0.5) is 4.79 Å². The second-order valence-corrected chi connectivity index (χ2v) is 2.63. The number of amides is 1. The molecule has 0 aliphatic heterocycles. The van der Waals surface area contributed by atoms with Crippen molar-refractivity contribution in [2.75, 3.05) is 0 Å². The molecule has 0 saturated heterocycles. The van der Waals surface area contributed by atoms with Gasteiger partial charge in [-0.2, -0.15) is 5.11 Å². The van der Waals surface area contributed by atoms with Gasteiger partial charge in [0, 0.05) is 0 Å². The lowest BCUT2D eigenvalue weighted by atomic mass is 10.0. The van der Waals surface area contributed by atoms with Crippen LogP contribution in [0.2, 0.25) is 0 Å². The molecule has 4 heteroatoms. The number of nitrogens with zero attached hydrogens (tertiary/aromatic N) is 2. The minimum atomic E-state index is -1.48. The molecule has 0 heterocycles. The Morgan fingerprint density at radius 2 is 2.10 bits per heavy atom. The second-order valence-electron chi connectivity index (χ2n) is 2.63. The van der Waals surface area contributed by atoms with Gasteiger partial charge in [0.15, 0.2) is 6.09 Å². The van der Waals surface area contributed by atoms with Gasteiger partial charge < -0.3 is 9.90 Å². The summed E-state index contributed by atoms with van der Waals surface area (Å²) in [5, 5.41) is 16.2. The van der Waals surface area contributed by atoms with Gasteiger partial charge in [0.25, 0.3) is 0 Å². The number of hydrogen-bond acceptors (Lipinski definition) is 3. The van der Waals surface area contributed by atoms with Crippen molar-refractivity contribution in [1.82, 2.24) is 0 Å². The third-order valence-corrected chi connectivity index (χ3v) is 1.27. The number of azo groups is 1. The number of carbonyl (C=O) groups excluding carboxylic acids is 1. The number of hydrogen-bond donors (Lipinski definition) is 0. The summed E-state index contributed by atoms with van der Waals surface area (Å²) in [6, 6.07) is 0. The maximum Gasteiger partial charge on any atom is 0.185 e. The van der Waals surface area contributed by atoms with Crippen molar-refractivity contribution in [3.8, 4) is 0 Å². The number of carboxylic acid groups (broad SMARTS) is 1. The van der Waals surface area contributed by atoms with Crippen LogP contribution in [0.25, 0.3) is 0 Å². The molecule has 0 bridgehead atoms. The Balaban J connectivity index is 3.99. The van der Waals surface area contributed by atoms with Gasteiger partial charge >= 0.3 is 0 Å². The first-order valence-corrected chi connectivity index (χ1v) is 3.12. The Hall–Kier alpha value is -0.930. The molecule has 0 aliphatic carbocycles. The van der Waals surface area contributed by atoms with Gasteiger partial charge in [-0.15, -0.1) is 5.11 Å². The second kappa shape index (κ2) is 3.29. The molecular formula is C6H11N2O2-. The van der Waals surface area contributed by atoms with Crippen LogP contribution in [0.15, 0.2) is 10.2 Å². The average Bonchev–Trinajstić information content (AvgIpc) is 1.85. The first-order valence-electron chi connectivity index (χ1n) is 3.12. The largest absolute Gasteiger partial charge is 0.527 e. The van der Waals surface area contributed by atoms with E-state index in [1.807, 2.05) is 6.92 Å². The van der Waals surface area contributed by atoms with Gasteiger partial charge in [0.05, 0.1) is 5.54 Å². The van der Waals surface area contributed by atoms with E-state index in [-0.39, 0.29) is 5.54 Å². The van der Waals surface area contributed by atoms with Crippen LogP contribution < -0.4 is 5.11 Å². The van der Waals surface area contributed by atoms with Gasteiger partial charge in [-0.05, 0) is 20.3 Å². The molecule has 0 radical (unpaired) electrons. The van der Waals surface area contributed by atoms with E-state index in [0.29, 0.717) is 0 Å². The van der Waals surface area contributed by atoms with Crippen LogP contribution in [0.3, 0.4) is 0 Å². The fourth-order valence-electron chi connectivity index (χ4n) is 0.247. The van der Waals surface area contributed by atoms with Crippen LogP contribution in [0.5, 0.6) is 0 Å². The Morgan fingerprint density at radius 3 is 2.40 bits per heavy atom. The lowest BCUT2D eigenvalue weighted by Gasteiger charge is -2.13. The summed E-state index contributed by atoms with van der Waals surface area (Å²) in [4.78, 5) is 9.79. The quantitative estimate of drug-likeness (QED) is 0.540. The van der Waals surface area contributed by atoms with E-state index in [1.54, 1.807) is 13.8 Å². The lowest BCUT2D eigenvalue weighted by Crippen LogP contribution is -2.20. The minimum absolute atomic E-state index is 0.389. The van der Waals surface area contributed by atoms with Crippen LogP contribution in [-0.4, -0.2) is 11.6 Å². The molecule has 0 aromatic rings. The normalized spacial score (nSPS) is 12.3. The van der Waals surface area contributed by atoms with Crippen molar-refractivity contribution >= 4 is 6.09 Å². The number of carbonyl (C=O) groups is 1. The van der Waals surface area contributed by atoms with E-state index in [2.05, 4.69) is 10.2 Å². The van der Waals surface area contributed by atoms with E-state index in [9.17, 15) is 9.90 Å². The summed E-state index contributed by atoms with van der Waals surface area (Å²) in [6.45, 7) is 5.52. The van der Waals surface area contributed by atoms with E-state index in [0.717, 1.165) is 6.42 Å². The van der Waals surface area contributed by atoms with Crippen molar-refractivity contribution in [2.45, 2.75) is 32.7 Å². The van der Waals surface area contributed by atoms with Crippen LogP contribution in [-0.2, 0) is 0 Å². The first-order chi connectivity index (χ1) is 4.48. The zero-order chi connectivity index (χ0) is 8.20. The standard InChI is InChI=1S/C6H12N2O2/c1-4-6(2,3)8-7-5(9)10/h4H2,1-3H3,(H,9,10)/p-1. The number of rotatable bonds is 2. The van der Waals surface area contributed by atoms with Crippen molar-refractivity contribution in [3.05, 3.63) is 0 Å². The molecule has 0 fully saturated rings. The van der Waals surface area contributed by atoms with Gasteiger partial charge in [0.1, 0.15) is 0 Å². The molecule has 58 valence electrons. The van der Waals surface area contributed by atoms with Crippen LogP contribution >= 0.6 is 0 Å². The van der Waals surface area contributed by atoms with Crippen LogP contribution in [0.1, 0.15) is 27.2 Å². The predicted molar refractivity (Wildman–Crippen MR) is 34.6 cm³/mol. The Kier molecular flexibility index (Phi) is 2.99. The molecule has 4 nitrogen and oxygen atoms in total. The smallest absolute Gasteiger partial charge is 0.185 e. The highest BCUT2D eigenvalue weighted by atomic mass is 16.4. The maximum absolute atomic E-state index is 9.79. The summed E-state index contributed by atoms with van der Waals surface area (Å²) in [5.41, 5.74) is -0.389. The molecule has 1 amide bonds. The fraction of sp³-hybridized carbons (Fsp3) is 0.833. The third kappa shape index (κ3) is 4.00. The molecule has 0 rings (SSSR count).